The van der Waals surface area contributed by atoms with E-state index in [9.17, 15) is 23.1 Å². The van der Waals surface area contributed by atoms with Crippen LogP contribution in [0.5, 0.6) is 5.75 Å². The number of alkyl halides is 3. The summed E-state index contributed by atoms with van der Waals surface area (Å²) in [7, 11) is 0. The quantitative estimate of drug-likeness (QED) is 0.496. The lowest BCUT2D eigenvalue weighted by Gasteiger charge is -2.32. The number of piperidine rings is 1. The third kappa shape index (κ3) is 4.39. The van der Waals surface area contributed by atoms with E-state index in [0.29, 0.717) is 38.8 Å². The van der Waals surface area contributed by atoms with E-state index in [2.05, 4.69) is 14.7 Å². The molecule has 1 aliphatic heterocycles. The third-order valence-corrected chi connectivity index (χ3v) is 6.64. The van der Waals surface area contributed by atoms with Gasteiger partial charge in [0, 0.05) is 37.0 Å². The molecule has 0 bridgehead atoms. The monoisotopic (exact) mass is 475 g/mol. The van der Waals surface area contributed by atoms with E-state index in [4.69, 9.17) is 10.7 Å². The Kier molecular flexibility index (Phi) is 5.59. The fraction of sp³-hybridized carbons (Fsp3) is 0.435. The molecule has 34 heavy (non-hydrogen) atoms. The van der Waals surface area contributed by atoms with E-state index < -0.39 is 12.1 Å². The number of nitrogens with two attached hydrogens (primary N) is 1. The molecule has 1 saturated carbocycles. The molecule has 180 valence electrons. The number of H-pyrrole nitrogens is 1. The molecule has 0 unspecified atom stereocenters. The molecule has 3 heterocycles. The fourth-order valence-corrected chi connectivity index (χ4v) is 4.78. The summed E-state index contributed by atoms with van der Waals surface area (Å²) in [6, 6.07) is 5.33. The zero-order valence-corrected chi connectivity index (χ0v) is 18.2. The summed E-state index contributed by atoms with van der Waals surface area (Å²) in [5.41, 5.74) is 8.57. The number of hydrogen-bond acceptors (Lipinski definition) is 6. The van der Waals surface area contributed by atoms with Crippen LogP contribution in [0.25, 0.3) is 11.2 Å². The fourth-order valence-electron chi connectivity index (χ4n) is 4.78. The molecular formula is C23H24F3N5O3. The number of imidazole rings is 1. The number of likely N-dealkylation sites (tertiary alicyclic amines) is 1. The maximum Gasteiger partial charge on any atom is 0.573 e. The number of aromatic nitrogens is 3. The minimum absolute atomic E-state index is 0.0603. The van der Waals surface area contributed by atoms with Crippen LogP contribution in [-0.2, 0) is 0 Å². The Bertz CT molecular complexity index is 1210. The van der Waals surface area contributed by atoms with Crippen molar-refractivity contribution in [3.8, 4) is 5.75 Å². The molecule has 5 rings (SSSR count). The average Bonchev–Trinajstić information content (AvgIpc) is 3.19. The van der Waals surface area contributed by atoms with Crippen LogP contribution in [0.4, 0.5) is 18.9 Å². The molecule has 2 aliphatic rings. The highest BCUT2D eigenvalue weighted by molar-refractivity contribution is 5.99. The number of aliphatic hydroxyl groups is 1. The molecule has 3 aromatic rings. The SMILES string of the molecule is Nc1cc(OC(F)(F)F)ccc1C(=O)N1CCC(c2ccnc3[nH]c([C@H]4C[C@@H](O)C4)nc23)CC1. The van der Waals surface area contributed by atoms with E-state index in [0.717, 1.165) is 34.7 Å². The van der Waals surface area contributed by atoms with Crippen LogP contribution in [-0.4, -0.2) is 56.4 Å². The smallest absolute Gasteiger partial charge is 0.406 e. The van der Waals surface area contributed by atoms with Crippen molar-refractivity contribution in [2.75, 3.05) is 18.8 Å². The van der Waals surface area contributed by atoms with Crippen LogP contribution in [0.3, 0.4) is 0 Å². The van der Waals surface area contributed by atoms with Crippen molar-refractivity contribution < 1.29 is 27.8 Å². The van der Waals surface area contributed by atoms with E-state index in [1.165, 1.54) is 6.07 Å². The number of carbonyl (C=O) groups is 1. The first-order valence-electron chi connectivity index (χ1n) is 11.1. The Labute approximate surface area is 192 Å². The summed E-state index contributed by atoms with van der Waals surface area (Å²) in [5, 5.41) is 9.59. The van der Waals surface area contributed by atoms with Gasteiger partial charge in [-0.25, -0.2) is 9.97 Å². The maximum absolute atomic E-state index is 13.0. The van der Waals surface area contributed by atoms with Gasteiger partial charge >= 0.3 is 6.36 Å². The van der Waals surface area contributed by atoms with E-state index in [-0.39, 0.29) is 35.1 Å². The number of nitrogens with zero attached hydrogens (tertiary/aromatic N) is 3. The highest BCUT2D eigenvalue weighted by Gasteiger charge is 2.33. The van der Waals surface area contributed by atoms with Crippen molar-refractivity contribution >= 4 is 22.8 Å². The van der Waals surface area contributed by atoms with Crippen molar-refractivity contribution in [2.24, 2.45) is 0 Å². The van der Waals surface area contributed by atoms with Crippen LogP contribution < -0.4 is 10.5 Å². The second kappa shape index (κ2) is 8.46. The van der Waals surface area contributed by atoms with Crippen molar-refractivity contribution in [2.45, 2.75) is 50.0 Å². The number of halogens is 3. The number of anilines is 1. The van der Waals surface area contributed by atoms with Gasteiger partial charge in [0.25, 0.3) is 5.91 Å². The zero-order chi connectivity index (χ0) is 24.0. The number of fused-ring (bicyclic) bond motifs is 1. The lowest BCUT2D eigenvalue weighted by molar-refractivity contribution is -0.274. The number of hydrogen-bond donors (Lipinski definition) is 3. The van der Waals surface area contributed by atoms with Gasteiger partial charge in [-0.1, -0.05) is 0 Å². The van der Waals surface area contributed by atoms with E-state index >= 15 is 0 Å². The van der Waals surface area contributed by atoms with Crippen LogP contribution in [0.15, 0.2) is 30.5 Å². The normalized spacial score (nSPS) is 21.5. The van der Waals surface area contributed by atoms with Crippen LogP contribution in [0, 0.1) is 0 Å². The Hall–Kier alpha value is -3.34. The first-order valence-corrected chi connectivity index (χ1v) is 11.1. The van der Waals surface area contributed by atoms with Crippen molar-refractivity contribution in [1.82, 2.24) is 19.9 Å². The Balaban J connectivity index is 1.27. The number of nitrogen functional groups attached to an aromatic ring is 1. The first-order chi connectivity index (χ1) is 16.2. The number of amides is 1. The number of benzene rings is 1. The summed E-state index contributed by atoms with van der Waals surface area (Å²) in [6.45, 7) is 0.972. The van der Waals surface area contributed by atoms with Gasteiger partial charge in [0.05, 0.1) is 11.7 Å². The van der Waals surface area contributed by atoms with Gasteiger partial charge in [-0.3, -0.25) is 4.79 Å². The summed E-state index contributed by atoms with van der Waals surface area (Å²) in [4.78, 5) is 27.1. The van der Waals surface area contributed by atoms with Crippen molar-refractivity contribution in [3.63, 3.8) is 0 Å². The first kappa shape index (κ1) is 22.5. The van der Waals surface area contributed by atoms with Crippen molar-refractivity contribution in [1.29, 1.82) is 0 Å². The highest BCUT2D eigenvalue weighted by atomic mass is 19.4. The number of pyridine rings is 1. The second-order valence-corrected chi connectivity index (χ2v) is 8.90. The molecule has 1 aromatic carbocycles. The topological polar surface area (TPSA) is 117 Å². The summed E-state index contributed by atoms with van der Waals surface area (Å²) in [5.74, 6) is 0.477. The standard InChI is InChI=1S/C23H24F3N5O3/c24-23(25,26)34-15-1-2-17(18(27)11-15)22(33)31-7-4-12(5-8-31)16-3-6-28-21-19(16)29-20(30-21)13-9-14(32)10-13/h1-3,6,11-14,32H,4-5,7-10,27H2,(H,28,29,30)/t13-,14+. The highest BCUT2D eigenvalue weighted by Crippen LogP contribution is 2.38. The van der Waals surface area contributed by atoms with Gasteiger partial charge in [0.1, 0.15) is 17.1 Å². The number of rotatable bonds is 4. The minimum Gasteiger partial charge on any atom is -0.406 e. The largest absolute Gasteiger partial charge is 0.573 e. The average molecular weight is 475 g/mol. The van der Waals surface area contributed by atoms with Crippen LogP contribution in [0.2, 0.25) is 0 Å². The molecule has 8 nitrogen and oxygen atoms in total. The summed E-state index contributed by atoms with van der Waals surface area (Å²) < 4.78 is 41.1. The van der Waals surface area contributed by atoms with Gasteiger partial charge in [-0.05, 0) is 55.4 Å². The second-order valence-electron chi connectivity index (χ2n) is 8.90. The zero-order valence-electron chi connectivity index (χ0n) is 18.2. The lowest BCUT2D eigenvalue weighted by Crippen LogP contribution is -2.38. The predicted molar refractivity (Wildman–Crippen MR) is 117 cm³/mol. The van der Waals surface area contributed by atoms with Crippen LogP contribution in [0.1, 0.15) is 59.3 Å². The van der Waals surface area contributed by atoms with Crippen molar-refractivity contribution in [3.05, 3.63) is 47.4 Å². The Morgan fingerprint density at radius 2 is 1.91 bits per heavy atom. The summed E-state index contributed by atoms with van der Waals surface area (Å²) >= 11 is 0. The molecular weight excluding hydrogens is 451 g/mol. The van der Waals surface area contributed by atoms with Gasteiger partial charge in [-0.15, -0.1) is 13.2 Å². The number of ether oxygens (including phenoxy) is 1. The Morgan fingerprint density at radius 3 is 2.56 bits per heavy atom. The molecule has 2 fully saturated rings. The number of aromatic amines is 1. The molecule has 2 aromatic heterocycles. The van der Waals surface area contributed by atoms with E-state index in [1.807, 2.05) is 6.07 Å². The molecule has 4 N–H and O–H groups in total. The number of aliphatic hydroxyl groups excluding tert-OH is 1. The number of carbonyl (C=O) groups excluding carboxylic acids is 1. The Morgan fingerprint density at radius 1 is 1.18 bits per heavy atom. The molecule has 0 radical (unpaired) electrons. The van der Waals surface area contributed by atoms with E-state index in [1.54, 1.807) is 11.1 Å². The predicted octanol–water partition coefficient (Wildman–Crippen LogP) is 3.70. The van der Waals surface area contributed by atoms with Gasteiger partial charge in [-0.2, -0.15) is 0 Å². The minimum atomic E-state index is -4.83. The molecule has 11 heteroatoms. The van der Waals surface area contributed by atoms with Gasteiger partial charge in [0.15, 0.2) is 5.65 Å². The molecule has 1 aliphatic carbocycles. The summed E-state index contributed by atoms with van der Waals surface area (Å²) in [6.07, 6.45) is -0.529. The third-order valence-electron chi connectivity index (χ3n) is 6.64. The molecule has 1 amide bonds. The molecule has 1 saturated heterocycles. The van der Waals surface area contributed by atoms with Crippen LogP contribution >= 0.6 is 0 Å². The maximum atomic E-state index is 13.0. The molecule has 0 spiro atoms. The lowest BCUT2D eigenvalue weighted by atomic mass is 9.82. The molecule has 0 atom stereocenters. The van der Waals surface area contributed by atoms with Gasteiger partial charge in [0.2, 0.25) is 0 Å². The van der Waals surface area contributed by atoms with Gasteiger partial charge < -0.3 is 25.5 Å². The number of nitrogens with one attached hydrogen (secondary N) is 1.